The molecule has 1 aromatic carbocycles. The molecule has 128 valence electrons. The van der Waals surface area contributed by atoms with Crippen molar-refractivity contribution in [3.05, 3.63) is 36.4 Å². The van der Waals surface area contributed by atoms with Crippen LogP contribution in [0.25, 0.3) is 22.4 Å². The third kappa shape index (κ3) is 3.10. The predicted molar refractivity (Wildman–Crippen MR) is 93.9 cm³/mol. The van der Waals surface area contributed by atoms with Gasteiger partial charge in [0.1, 0.15) is 5.69 Å². The van der Waals surface area contributed by atoms with Crippen LogP contribution in [0.2, 0.25) is 0 Å². The standard InChI is InChI=1S/C18H19N5O2/c1-18(8-10-25-11-9-18)16(24)21-17-20-15(22-23-17)14-7-6-12-4-2-3-5-13(12)19-14/h2-7H,8-11H2,1H3,(H2,20,21,22,23,24). The summed E-state index contributed by atoms with van der Waals surface area (Å²) in [6.45, 7) is 3.15. The van der Waals surface area contributed by atoms with Crippen LogP contribution in [0.1, 0.15) is 19.8 Å². The normalized spacial score (nSPS) is 16.7. The lowest BCUT2D eigenvalue weighted by molar-refractivity contribution is -0.129. The van der Waals surface area contributed by atoms with Crippen LogP contribution < -0.4 is 5.32 Å². The topological polar surface area (TPSA) is 92.8 Å². The number of benzene rings is 1. The molecular formula is C18H19N5O2. The smallest absolute Gasteiger partial charge is 0.249 e. The Kier molecular flexibility index (Phi) is 3.93. The molecule has 4 rings (SSSR count). The van der Waals surface area contributed by atoms with Crippen molar-refractivity contribution in [2.24, 2.45) is 5.41 Å². The molecule has 1 aliphatic heterocycles. The Morgan fingerprint density at radius 2 is 1.96 bits per heavy atom. The highest BCUT2D eigenvalue weighted by molar-refractivity contribution is 5.93. The highest BCUT2D eigenvalue weighted by Gasteiger charge is 2.35. The maximum absolute atomic E-state index is 12.5. The fraction of sp³-hybridized carbons (Fsp3) is 0.333. The van der Waals surface area contributed by atoms with Gasteiger partial charge in [-0.05, 0) is 25.0 Å². The summed E-state index contributed by atoms with van der Waals surface area (Å²) in [5, 5.41) is 10.8. The maximum atomic E-state index is 12.5. The minimum absolute atomic E-state index is 0.0761. The van der Waals surface area contributed by atoms with Crippen molar-refractivity contribution in [3.63, 3.8) is 0 Å². The number of anilines is 1. The van der Waals surface area contributed by atoms with Crippen LogP contribution in [0.4, 0.5) is 5.95 Å². The second-order valence-corrected chi connectivity index (χ2v) is 6.52. The van der Waals surface area contributed by atoms with Crippen LogP contribution in [-0.2, 0) is 9.53 Å². The van der Waals surface area contributed by atoms with Crippen molar-refractivity contribution in [1.82, 2.24) is 20.2 Å². The summed E-state index contributed by atoms with van der Waals surface area (Å²) in [5.74, 6) is 0.716. The maximum Gasteiger partial charge on any atom is 0.249 e. The first-order valence-electron chi connectivity index (χ1n) is 8.32. The number of hydrogen-bond acceptors (Lipinski definition) is 5. The van der Waals surface area contributed by atoms with Gasteiger partial charge in [-0.3, -0.25) is 15.2 Å². The Hall–Kier alpha value is -2.80. The number of H-pyrrole nitrogens is 1. The zero-order valence-corrected chi connectivity index (χ0v) is 14.0. The fourth-order valence-electron chi connectivity index (χ4n) is 2.93. The van der Waals surface area contributed by atoms with E-state index in [1.54, 1.807) is 0 Å². The van der Waals surface area contributed by atoms with Crippen molar-refractivity contribution < 1.29 is 9.53 Å². The van der Waals surface area contributed by atoms with Gasteiger partial charge in [0, 0.05) is 18.6 Å². The number of ether oxygens (including phenoxy) is 1. The molecule has 2 N–H and O–H groups in total. The largest absolute Gasteiger partial charge is 0.381 e. The van der Waals surface area contributed by atoms with E-state index in [0.717, 1.165) is 10.9 Å². The third-order valence-corrected chi connectivity index (χ3v) is 4.70. The molecule has 0 saturated carbocycles. The number of aromatic amines is 1. The number of pyridine rings is 1. The number of carbonyl (C=O) groups excluding carboxylic acids is 1. The molecule has 0 bridgehead atoms. The van der Waals surface area contributed by atoms with Gasteiger partial charge in [0.15, 0.2) is 5.82 Å². The Labute approximate surface area is 144 Å². The Bertz CT molecular complexity index is 914. The van der Waals surface area contributed by atoms with Gasteiger partial charge in [0.25, 0.3) is 0 Å². The first kappa shape index (κ1) is 15.7. The summed E-state index contributed by atoms with van der Waals surface area (Å²) in [4.78, 5) is 21.5. The van der Waals surface area contributed by atoms with E-state index in [2.05, 4.69) is 25.5 Å². The zero-order chi connectivity index (χ0) is 17.3. The summed E-state index contributed by atoms with van der Waals surface area (Å²) < 4.78 is 5.34. The Morgan fingerprint density at radius 3 is 2.80 bits per heavy atom. The first-order valence-corrected chi connectivity index (χ1v) is 8.32. The number of amides is 1. The molecule has 0 radical (unpaired) electrons. The molecule has 0 unspecified atom stereocenters. The van der Waals surface area contributed by atoms with Crippen molar-refractivity contribution in [3.8, 4) is 11.5 Å². The summed E-state index contributed by atoms with van der Waals surface area (Å²) in [6, 6.07) is 11.7. The second-order valence-electron chi connectivity index (χ2n) is 6.52. The van der Waals surface area contributed by atoms with Crippen molar-refractivity contribution >= 4 is 22.8 Å². The number of fused-ring (bicyclic) bond motifs is 1. The third-order valence-electron chi connectivity index (χ3n) is 4.70. The minimum atomic E-state index is -0.444. The van der Waals surface area contributed by atoms with Crippen molar-refractivity contribution in [2.75, 3.05) is 18.5 Å². The van der Waals surface area contributed by atoms with E-state index in [-0.39, 0.29) is 11.9 Å². The van der Waals surface area contributed by atoms with Gasteiger partial charge >= 0.3 is 0 Å². The van der Waals surface area contributed by atoms with Crippen LogP contribution in [0.15, 0.2) is 36.4 Å². The average molecular weight is 337 g/mol. The van der Waals surface area contributed by atoms with Crippen LogP contribution in [0, 0.1) is 5.41 Å². The molecule has 1 aliphatic rings. The summed E-state index contributed by atoms with van der Waals surface area (Å²) in [5.41, 5.74) is 1.13. The average Bonchev–Trinajstić information content (AvgIpc) is 3.10. The molecule has 7 nitrogen and oxygen atoms in total. The van der Waals surface area contributed by atoms with E-state index in [9.17, 15) is 4.79 Å². The molecule has 1 fully saturated rings. The molecule has 3 aromatic rings. The van der Waals surface area contributed by atoms with Gasteiger partial charge in [-0.25, -0.2) is 4.98 Å². The van der Waals surface area contributed by atoms with E-state index < -0.39 is 5.41 Å². The van der Waals surface area contributed by atoms with E-state index >= 15 is 0 Å². The first-order chi connectivity index (χ1) is 12.1. The van der Waals surface area contributed by atoms with E-state index in [1.807, 2.05) is 43.3 Å². The highest BCUT2D eigenvalue weighted by atomic mass is 16.5. The van der Waals surface area contributed by atoms with Gasteiger partial charge in [0.2, 0.25) is 11.9 Å². The molecule has 1 saturated heterocycles. The second kappa shape index (κ2) is 6.25. The quantitative estimate of drug-likeness (QED) is 0.766. The van der Waals surface area contributed by atoms with Crippen LogP contribution in [0.3, 0.4) is 0 Å². The summed E-state index contributed by atoms with van der Waals surface area (Å²) in [6.07, 6.45) is 1.39. The molecule has 0 spiro atoms. The summed E-state index contributed by atoms with van der Waals surface area (Å²) >= 11 is 0. The van der Waals surface area contributed by atoms with Gasteiger partial charge in [-0.2, -0.15) is 4.98 Å². The van der Waals surface area contributed by atoms with Crippen molar-refractivity contribution in [1.29, 1.82) is 0 Å². The van der Waals surface area contributed by atoms with E-state index in [4.69, 9.17) is 4.74 Å². The molecular weight excluding hydrogens is 318 g/mol. The molecule has 1 amide bonds. The number of nitrogens with zero attached hydrogens (tertiary/aromatic N) is 3. The van der Waals surface area contributed by atoms with Crippen LogP contribution >= 0.6 is 0 Å². The molecule has 7 heteroatoms. The number of hydrogen-bond donors (Lipinski definition) is 2. The van der Waals surface area contributed by atoms with Gasteiger partial charge in [0.05, 0.1) is 10.9 Å². The lowest BCUT2D eigenvalue weighted by Crippen LogP contribution is -2.38. The van der Waals surface area contributed by atoms with Gasteiger partial charge in [-0.15, -0.1) is 5.10 Å². The SMILES string of the molecule is CC1(C(=O)Nc2n[nH]c(-c3ccc4ccccc4n3)n2)CCOCC1. The lowest BCUT2D eigenvalue weighted by Gasteiger charge is -2.31. The molecule has 0 atom stereocenters. The summed E-state index contributed by atoms with van der Waals surface area (Å²) in [7, 11) is 0. The van der Waals surface area contributed by atoms with Gasteiger partial charge in [-0.1, -0.05) is 31.2 Å². The minimum Gasteiger partial charge on any atom is -0.381 e. The number of nitrogens with one attached hydrogen (secondary N) is 2. The number of carbonyl (C=O) groups is 1. The number of rotatable bonds is 3. The zero-order valence-electron chi connectivity index (χ0n) is 14.0. The lowest BCUT2D eigenvalue weighted by atomic mass is 9.81. The number of para-hydroxylation sites is 1. The Morgan fingerprint density at radius 1 is 1.16 bits per heavy atom. The molecule has 2 aromatic heterocycles. The molecule has 0 aliphatic carbocycles. The predicted octanol–water partition coefficient (Wildman–Crippen LogP) is 2.78. The van der Waals surface area contributed by atoms with Crippen LogP contribution in [0.5, 0.6) is 0 Å². The van der Waals surface area contributed by atoms with E-state index in [0.29, 0.717) is 37.6 Å². The monoisotopic (exact) mass is 337 g/mol. The highest BCUT2D eigenvalue weighted by Crippen LogP contribution is 2.31. The Balaban J connectivity index is 1.54. The van der Waals surface area contributed by atoms with E-state index in [1.165, 1.54) is 0 Å². The number of aromatic nitrogens is 4. The van der Waals surface area contributed by atoms with Gasteiger partial charge < -0.3 is 4.74 Å². The van der Waals surface area contributed by atoms with Crippen LogP contribution in [-0.4, -0.2) is 39.3 Å². The van der Waals surface area contributed by atoms with Crippen molar-refractivity contribution in [2.45, 2.75) is 19.8 Å². The molecule has 25 heavy (non-hydrogen) atoms. The fourth-order valence-corrected chi connectivity index (χ4v) is 2.93. The molecule has 3 heterocycles.